The SMILES string of the molecule is CN(C)C(=O)c1ccc(C2(O)CCC(N3CC[C@@H](NC(=O)CNC(=O)c4cccc(C(F)(F)F)c4)C3)CC2)cc1. The molecule has 0 radical (unpaired) electrons. The smallest absolute Gasteiger partial charge is 0.385 e. The van der Waals surface area contributed by atoms with E-state index in [0.717, 1.165) is 49.6 Å². The molecule has 1 aliphatic heterocycles. The van der Waals surface area contributed by atoms with E-state index >= 15 is 0 Å². The van der Waals surface area contributed by atoms with Gasteiger partial charge >= 0.3 is 6.18 Å². The molecular formula is C29H35F3N4O4. The molecule has 2 aromatic carbocycles. The molecule has 0 aromatic heterocycles. The molecular weight excluding hydrogens is 525 g/mol. The van der Waals surface area contributed by atoms with E-state index < -0.39 is 29.2 Å². The standard InChI is InChI=1S/C29H35F3N4O4/c1-35(2)27(39)19-6-8-21(9-7-19)28(40)13-10-24(11-14-28)36-15-12-23(18-36)34-25(37)17-33-26(38)20-4-3-5-22(16-20)29(30,31)32/h3-9,16,23-24,40H,10-15,17-18H2,1-2H3,(H,33,38)(H,34,37)/t23-,24?,28?/m1/s1. The molecule has 0 unspecified atom stereocenters. The molecule has 1 atom stereocenters. The number of nitrogens with one attached hydrogen (secondary N) is 2. The molecule has 1 aliphatic carbocycles. The van der Waals surface area contributed by atoms with Crippen molar-refractivity contribution < 1.29 is 32.7 Å². The van der Waals surface area contributed by atoms with Crippen LogP contribution in [0.4, 0.5) is 13.2 Å². The highest BCUT2D eigenvalue weighted by atomic mass is 19.4. The molecule has 3 amide bonds. The van der Waals surface area contributed by atoms with Crippen molar-refractivity contribution in [1.29, 1.82) is 0 Å². The third-order valence-electron chi connectivity index (χ3n) is 7.82. The maximum atomic E-state index is 12.9. The van der Waals surface area contributed by atoms with Gasteiger partial charge in [-0.05, 0) is 68.0 Å². The number of carbonyl (C=O) groups is 3. The number of halogens is 3. The Labute approximate surface area is 231 Å². The van der Waals surface area contributed by atoms with Crippen LogP contribution in [0.25, 0.3) is 0 Å². The summed E-state index contributed by atoms with van der Waals surface area (Å²) >= 11 is 0. The number of alkyl halides is 3. The molecule has 0 spiro atoms. The predicted octanol–water partition coefficient (Wildman–Crippen LogP) is 3.16. The van der Waals surface area contributed by atoms with Gasteiger partial charge in [-0.15, -0.1) is 0 Å². The van der Waals surface area contributed by atoms with Crippen LogP contribution in [0.15, 0.2) is 48.5 Å². The Morgan fingerprint density at radius 2 is 1.70 bits per heavy atom. The fraction of sp³-hybridized carbons (Fsp3) is 0.483. The van der Waals surface area contributed by atoms with E-state index in [1.165, 1.54) is 11.0 Å². The number of carbonyl (C=O) groups excluding carboxylic acids is 3. The van der Waals surface area contributed by atoms with E-state index in [1.54, 1.807) is 26.2 Å². The molecule has 1 saturated heterocycles. The Morgan fingerprint density at radius 1 is 1.02 bits per heavy atom. The minimum Gasteiger partial charge on any atom is -0.385 e. The van der Waals surface area contributed by atoms with E-state index in [0.29, 0.717) is 24.9 Å². The maximum absolute atomic E-state index is 12.9. The van der Waals surface area contributed by atoms with Gasteiger partial charge in [-0.25, -0.2) is 0 Å². The average molecular weight is 561 g/mol. The number of hydrogen-bond donors (Lipinski definition) is 3. The van der Waals surface area contributed by atoms with Crippen LogP contribution in [-0.2, 0) is 16.6 Å². The van der Waals surface area contributed by atoms with Crippen LogP contribution < -0.4 is 10.6 Å². The fourth-order valence-electron chi connectivity index (χ4n) is 5.53. The first kappa shape index (κ1) is 29.5. The Morgan fingerprint density at radius 3 is 2.33 bits per heavy atom. The summed E-state index contributed by atoms with van der Waals surface area (Å²) in [5.41, 5.74) is -0.649. The second-order valence-electron chi connectivity index (χ2n) is 10.8. The Bertz CT molecular complexity index is 1220. The molecule has 2 aliphatic rings. The lowest BCUT2D eigenvalue weighted by Crippen LogP contribution is -2.45. The van der Waals surface area contributed by atoms with E-state index in [-0.39, 0.29) is 30.1 Å². The van der Waals surface area contributed by atoms with Crippen molar-refractivity contribution in [1.82, 2.24) is 20.4 Å². The fourth-order valence-corrected chi connectivity index (χ4v) is 5.53. The molecule has 4 rings (SSSR count). The van der Waals surface area contributed by atoms with Gasteiger partial charge in [0.15, 0.2) is 0 Å². The van der Waals surface area contributed by atoms with Crippen LogP contribution in [0.3, 0.4) is 0 Å². The maximum Gasteiger partial charge on any atom is 0.416 e. The quantitative estimate of drug-likeness (QED) is 0.483. The third-order valence-corrected chi connectivity index (χ3v) is 7.82. The summed E-state index contributed by atoms with van der Waals surface area (Å²) in [4.78, 5) is 40.6. The normalized spacial score (nSPS) is 23.4. The van der Waals surface area contributed by atoms with Crippen molar-refractivity contribution in [2.75, 3.05) is 33.7 Å². The van der Waals surface area contributed by atoms with Gasteiger partial charge in [0, 0.05) is 50.4 Å². The molecule has 40 heavy (non-hydrogen) atoms. The molecule has 2 aromatic rings. The topological polar surface area (TPSA) is 102 Å². The Hall–Kier alpha value is -3.44. The highest BCUT2D eigenvalue weighted by Crippen LogP contribution is 2.39. The van der Waals surface area contributed by atoms with Gasteiger partial charge in [-0.3, -0.25) is 19.3 Å². The number of amides is 3. The van der Waals surface area contributed by atoms with Crippen molar-refractivity contribution in [3.8, 4) is 0 Å². The number of hydrogen-bond acceptors (Lipinski definition) is 5. The Kier molecular flexibility index (Phi) is 8.84. The summed E-state index contributed by atoms with van der Waals surface area (Å²) in [6.07, 6.45) is -1.04. The molecule has 8 nitrogen and oxygen atoms in total. The van der Waals surface area contributed by atoms with E-state index in [1.807, 2.05) is 12.1 Å². The van der Waals surface area contributed by atoms with Crippen LogP contribution in [0, 0.1) is 0 Å². The van der Waals surface area contributed by atoms with Gasteiger partial charge in [0.25, 0.3) is 11.8 Å². The molecule has 1 heterocycles. The largest absolute Gasteiger partial charge is 0.416 e. The first-order valence-corrected chi connectivity index (χ1v) is 13.4. The monoisotopic (exact) mass is 560 g/mol. The number of aliphatic hydroxyl groups is 1. The molecule has 2 fully saturated rings. The number of rotatable bonds is 7. The highest BCUT2D eigenvalue weighted by molar-refractivity contribution is 5.96. The second kappa shape index (κ2) is 12.0. The lowest BCUT2D eigenvalue weighted by atomic mass is 9.77. The predicted molar refractivity (Wildman–Crippen MR) is 143 cm³/mol. The summed E-state index contributed by atoms with van der Waals surface area (Å²) in [6, 6.07) is 11.4. The first-order chi connectivity index (χ1) is 18.9. The van der Waals surface area contributed by atoms with Gasteiger partial charge in [-0.1, -0.05) is 18.2 Å². The summed E-state index contributed by atoms with van der Waals surface area (Å²) in [7, 11) is 3.39. The van der Waals surface area contributed by atoms with Crippen molar-refractivity contribution >= 4 is 17.7 Å². The first-order valence-electron chi connectivity index (χ1n) is 13.4. The van der Waals surface area contributed by atoms with Gasteiger partial charge in [0.05, 0.1) is 17.7 Å². The van der Waals surface area contributed by atoms with Crippen LogP contribution in [0.1, 0.15) is 63.9 Å². The zero-order chi connectivity index (χ0) is 29.1. The summed E-state index contributed by atoms with van der Waals surface area (Å²) in [5.74, 6) is -1.24. The van der Waals surface area contributed by atoms with E-state index in [2.05, 4.69) is 15.5 Å². The van der Waals surface area contributed by atoms with Gasteiger partial charge in [0.2, 0.25) is 5.91 Å². The molecule has 216 valence electrons. The number of likely N-dealkylation sites (tertiary alicyclic amines) is 1. The zero-order valence-corrected chi connectivity index (χ0v) is 22.6. The van der Waals surface area contributed by atoms with Crippen molar-refractivity contribution in [3.05, 3.63) is 70.8 Å². The molecule has 3 N–H and O–H groups in total. The third kappa shape index (κ3) is 7.00. The lowest BCUT2D eigenvalue weighted by Gasteiger charge is -2.40. The lowest BCUT2D eigenvalue weighted by molar-refractivity contribution is -0.137. The van der Waals surface area contributed by atoms with Crippen LogP contribution in [0.2, 0.25) is 0 Å². The number of benzene rings is 2. The molecule has 0 bridgehead atoms. The zero-order valence-electron chi connectivity index (χ0n) is 22.6. The van der Waals surface area contributed by atoms with Crippen molar-refractivity contribution in [3.63, 3.8) is 0 Å². The minimum atomic E-state index is -4.56. The van der Waals surface area contributed by atoms with E-state index in [4.69, 9.17) is 0 Å². The number of nitrogens with zero attached hydrogens (tertiary/aromatic N) is 2. The average Bonchev–Trinajstić information content (AvgIpc) is 3.39. The molecule has 1 saturated carbocycles. The minimum absolute atomic E-state index is 0.0870. The van der Waals surface area contributed by atoms with Gasteiger partial charge < -0.3 is 20.6 Å². The highest BCUT2D eigenvalue weighted by Gasteiger charge is 2.38. The second-order valence-corrected chi connectivity index (χ2v) is 10.8. The van der Waals surface area contributed by atoms with Crippen molar-refractivity contribution in [2.24, 2.45) is 0 Å². The summed E-state index contributed by atoms with van der Waals surface area (Å²) in [6.45, 7) is 1.12. The van der Waals surface area contributed by atoms with Crippen LogP contribution in [-0.4, -0.2) is 78.4 Å². The summed E-state index contributed by atoms with van der Waals surface area (Å²) < 4.78 is 38.7. The summed E-state index contributed by atoms with van der Waals surface area (Å²) in [5, 5.41) is 16.6. The van der Waals surface area contributed by atoms with Crippen molar-refractivity contribution in [2.45, 2.75) is 56.0 Å². The van der Waals surface area contributed by atoms with Gasteiger partial charge in [0.1, 0.15) is 0 Å². The van der Waals surface area contributed by atoms with Crippen LogP contribution in [0.5, 0.6) is 0 Å². The molecule has 11 heteroatoms. The Balaban J connectivity index is 1.22. The van der Waals surface area contributed by atoms with Gasteiger partial charge in [-0.2, -0.15) is 13.2 Å². The van der Waals surface area contributed by atoms with E-state index in [9.17, 15) is 32.7 Å². The van der Waals surface area contributed by atoms with Crippen LogP contribution >= 0.6 is 0 Å².